The Morgan fingerprint density at radius 2 is 1.79 bits per heavy atom. The first-order valence-electron chi connectivity index (χ1n) is 10.8. The van der Waals surface area contributed by atoms with E-state index in [1.165, 1.54) is 41.2 Å². The SMILES string of the molecule is COc1ccc2c(c1)OC1(CCCCC1)CC2NCc1ccc2ccccc2c1. The molecule has 5 rings (SSSR count). The largest absolute Gasteiger partial charge is 0.497 e. The molecule has 0 amide bonds. The third-order valence-electron chi connectivity index (χ3n) is 6.63. The second-order valence-corrected chi connectivity index (χ2v) is 8.57. The van der Waals surface area contributed by atoms with E-state index in [1.807, 2.05) is 6.07 Å². The van der Waals surface area contributed by atoms with Gasteiger partial charge in [0.05, 0.1) is 7.11 Å². The zero-order valence-corrected chi connectivity index (χ0v) is 17.1. The van der Waals surface area contributed by atoms with Crippen LogP contribution in [0.4, 0.5) is 0 Å². The average molecular weight is 388 g/mol. The van der Waals surface area contributed by atoms with Crippen molar-refractivity contribution in [1.29, 1.82) is 0 Å². The standard InChI is InChI=1S/C26H29NO2/c1-28-22-11-12-23-24(17-26(29-25(23)16-22)13-5-2-6-14-26)27-18-19-9-10-20-7-3-4-8-21(20)15-19/h3-4,7-12,15-16,24,27H,2,5-6,13-14,17-18H2,1H3. The van der Waals surface area contributed by atoms with Crippen LogP contribution in [0.2, 0.25) is 0 Å². The van der Waals surface area contributed by atoms with Crippen molar-refractivity contribution in [3.63, 3.8) is 0 Å². The van der Waals surface area contributed by atoms with Crippen LogP contribution in [-0.2, 0) is 6.54 Å². The van der Waals surface area contributed by atoms with Crippen molar-refractivity contribution in [2.75, 3.05) is 7.11 Å². The first-order valence-corrected chi connectivity index (χ1v) is 10.8. The van der Waals surface area contributed by atoms with E-state index < -0.39 is 0 Å². The summed E-state index contributed by atoms with van der Waals surface area (Å²) in [4.78, 5) is 0. The molecular weight excluding hydrogens is 358 g/mol. The molecule has 3 aromatic carbocycles. The Labute approximate surface area is 173 Å². The lowest BCUT2D eigenvalue weighted by Gasteiger charge is -2.45. The molecule has 1 heterocycles. The number of benzene rings is 3. The summed E-state index contributed by atoms with van der Waals surface area (Å²) in [6.07, 6.45) is 7.19. The highest BCUT2D eigenvalue weighted by molar-refractivity contribution is 5.82. The Hall–Kier alpha value is -2.52. The summed E-state index contributed by atoms with van der Waals surface area (Å²) in [5.74, 6) is 1.86. The Kier molecular flexibility index (Phi) is 4.92. The van der Waals surface area contributed by atoms with E-state index in [-0.39, 0.29) is 5.60 Å². The fraction of sp³-hybridized carbons (Fsp3) is 0.385. The molecular formula is C26H29NO2. The molecule has 0 aromatic heterocycles. The molecule has 3 heteroatoms. The molecule has 1 aliphatic heterocycles. The summed E-state index contributed by atoms with van der Waals surface area (Å²) in [5, 5.41) is 6.44. The maximum absolute atomic E-state index is 6.62. The fourth-order valence-corrected chi connectivity index (χ4v) is 5.05. The predicted molar refractivity (Wildman–Crippen MR) is 118 cm³/mol. The summed E-state index contributed by atoms with van der Waals surface area (Å²) < 4.78 is 12.1. The molecule has 150 valence electrons. The van der Waals surface area contributed by atoms with Gasteiger partial charge in [0.1, 0.15) is 17.1 Å². The lowest BCUT2D eigenvalue weighted by Crippen LogP contribution is -2.45. The van der Waals surface area contributed by atoms with Crippen LogP contribution in [0, 0.1) is 0 Å². The van der Waals surface area contributed by atoms with Gasteiger partial charge in [-0.15, -0.1) is 0 Å². The molecule has 1 atom stereocenters. The van der Waals surface area contributed by atoms with Crippen LogP contribution < -0.4 is 14.8 Å². The number of hydrogen-bond acceptors (Lipinski definition) is 3. The van der Waals surface area contributed by atoms with Crippen LogP contribution in [0.15, 0.2) is 60.7 Å². The maximum atomic E-state index is 6.62. The zero-order chi connectivity index (χ0) is 19.7. The van der Waals surface area contributed by atoms with Gasteiger partial charge in [-0.25, -0.2) is 0 Å². The topological polar surface area (TPSA) is 30.5 Å². The molecule has 1 spiro atoms. The second-order valence-electron chi connectivity index (χ2n) is 8.57. The molecule has 1 fully saturated rings. The van der Waals surface area contributed by atoms with E-state index in [4.69, 9.17) is 9.47 Å². The highest BCUT2D eigenvalue weighted by Gasteiger charge is 2.41. The van der Waals surface area contributed by atoms with Crippen molar-refractivity contribution in [3.05, 3.63) is 71.8 Å². The average Bonchev–Trinajstić information content (AvgIpc) is 2.77. The number of rotatable bonds is 4. The van der Waals surface area contributed by atoms with E-state index in [2.05, 4.69) is 59.9 Å². The molecule has 29 heavy (non-hydrogen) atoms. The first kappa shape index (κ1) is 18.5. The summed E-state index contributed by atoms with van der Waals surface area (Å²) in [6, 6.07) is 21.9. The van der Waals surface area contributed by atoms with Crippen LogP contribution >= 0.6 is 0 Å². The zero-order valence-electron chi connectivity index (χ0n) is 17.1. The van der Waals surface area contributed by atoms with E-state index >= 15 is 0 Å². The minimum Gasteiger partial charge on any atom is -0.497 e. The summed E-state index contributed by atoms with van der Waals surface area (Å²) >= 11 is 0. The molecule has 1 aliphatic carbocycles. The Morgan fingerprint density at radius 3 is 2.62 bits per heavy atom. The summed E-state index contributed by atoms with van der Waals surface area (Å²) in [5.41, 5.74) is 2.55. The van der Waals surface area contributed by atoms with Gasteiger partial charge in [-0.3, -0.25) is 0 Å². The van der Waals surface area contributed by atoms with Gasteiger partial charge < -0.3 is 14.8 Å². The molecule has 0 saturated heterocycles. The van der Waals surface area contributed by atoms with Crippen molar-refractivity contribution < 1.29 is 9.47 Å². The van der Waals surface area contributed by atoms with Gasteiger partial charge in [-0.2, -0.15) is 0 Å². The highest BCUT2D eigenvalue weighted by Crippen LogP contribution is 2.47. The molecule has 3 nitrogen and oxygen atoms in total. The van der Waals surface area contributed by atoms with E-state index in [0.29, 0.717) is 6.04 Å². The molecule has 0 bridgehead atoms. The first-order chi connectivity index (χ1) is 14.2. The fourth-order valence-electron chi connectivity index (χ4n) is 5.05. The van der Waals surface area contributed by atoms with Gasteiger partial charge in [0.2, 0.25) is 0 Å². The molecule has 1 unspecified atom stereocenters. The molecule has 0 radical (unpaired) electrons. The molecule has 3 aromatic rings. The maximum Gasteiger partial charge on any atom is 0.128 e. The van der Waals surface area contributed by atoms with Crippen LogP contribution in [0.5, 0.6) is 11.5 Å². The third-order valence-corrected chi connectivity index (χ3v) is 6.63. The predicted octanol–water partition coefficient (Wildman–Crippen LogP) is 6.16. The normalized spacial score (nSPS) is 20.2. The van der Waals surface area contributed by atoms with Gasteiger partial charge >= 0.3 is 0 Å². The lowest BCUT2D eigenvalue weighted by molar-refractivity contribution is -0.00307. The Bertz CT molecular complexity index is 1010. The van der Waals surface area contributed by atoms with E-state index in [9.17, 15) is 0 Å². The molecule has 2 aliphatic rings. The molecule has 1 N–H and O–H groups in total. The number of nitrogens with one attached hydrogen (secondary N) is 1. The number of methoxy groups -OCH3 is 1. The van der Waals surface area contributed by atoms with Crippen molar-refractivity contribution in [2.24, 2.45) is 0 Å². The van der Waals surface area contributed by atoms with Crippen molar-refractivity contribution >= 4 is 10.8 Å². The summed E-state index contributed by atoms with van der Waals surface area (Å²) in [6.45, 7) is 0.858. The number of fused-ring (bicyclic) bond motifs is 2. The van der Waals surface area contributed by atoms with E-state index in [0.717, 1.165) is 37.3 Å². The third kappa shape index (κ3) is 3.72. The Balaban J connectivity index is 1.41. The monoisotopic (exact) mass is 387 g/mol. The number of hydrogen-bond donors (Lipinski definition) is 1. The van der Waals surface area contributed by atoms with Crippen molar-refractivity contribution in [1.82, 2.24) is 5.32 Å². The van der Waals surface area contributed by atoms with Gasteiger partial charge in [0.25, 0.3) is 0 Å². The van der Waals surface area contributed by atoms with Gasteiger partial charge in [0.15, 0.2) is 0 Å². The van der Waals surface area contributed by atoms with Crippen LogP contribution in [0.1, 0.15) is 55.7 Å². The quantitative estimate of drug-likeness (QED) is 0.581. The Morgan fingerprint density at radius 1 is 0.966 bits per heavy atom. The van der Waals surface area contributed by atoms with Crippen LogP contribution in [0.25, 0.3) is 10.8 Å². The second kappa shape index (κ2) is 7.72. The lowest BCUT2D eigenvalue weighted by atomic mass is 9.77. The molecule has 1 saturated carbocycles. The van der Waals surface area contributed by atoms with Crippen molar-refractivity contribution in [2.45, 2.75) is 56.7 Å². The van der Waals surface area contributed by atoms with Crippen molar-refractivity contribution in [3.8, 4) is 11.5 Å². The van der Waals surface area contributed by atoms with Crippen LogP contribution in [0.3, 0.4) is 0 Å². The van der Waals surface area contributed by atoms with Crippen LogP contribution in [-0.4, -0.2) is 12.7 Å². The summed E-state index contributed by atoms with van der Waals surface area (Å²) in [7, 11) is 1.72. The minimum atomic E-state index is -0.0291. The highest BCUT2D eigenvalue weighted by atomic mass is 16.5. The van der Waals surface area contributed by atoms with E-state index in [1.54, 1.807) is 7.11 Å². The minimum absolute atomic E-state index is 0.0291. The van der Waals surface area contributed by atoms with Gasteiger partial charge in [-0.05, 0) is 54.2 Å². The van der Waals surface area contributed by atoms with Gasteiger partial charge in [-0.1, -0.05) is 48.9 Å². The smallest absolute Gasteiger partial charge is 0.128 e. The number of ether oxygens (including phenoxy) is 2. The van der Waals surface area contributed by atoms with Gasteiger partial charge in [0, 0.05) is 30.6 Å².